The maximum Gasteiger partial charge on any atom is 0.277 e. The summed E-state index contributed by atoms with van der Waals surface area (Å²) in [6.07, 6.45) is 0. The third-order valence-electron chi connectivity index (χ3n) is 4.25. The topological polar surface area (TPSA) is 67.9 Å². The molecule has 2 aromatic carbocycles. The lowest BCUT2D eigenvalue weighted by atomic mass is 10.0. The molecular weight excluding hydrogens is 332 g/mol. The average Bonchev–Trinajstić information content (AvgIpc) is 2.86. The molecule has 2 aromatic rings. The minimum atomic E-state index is -0.382. The van der Waals surface area contributed by atoms with Gasteiger partial charge < -0.3 is 14.8 Å². The minimum absolute atomic E-state index is 0.233. The van der Waals surface area contributed by atoms with Gasteiger partial charge in [0.05, 0.1) is 19.8 Å². The average molecular weight is 352 g/mol. The van der Waals surface area contributed by atoms with Crippen LogP contribution < -0.4 is 14.8 Å². The summed E-state index contributed by atoms with van der Waals surface area (Å²) in [5.74, 6) is 0.438. The van der Waals surface area contributed by atoms with E-state index in [1.54, 1.807) is 32.4 Å². The van der Waals surface area contributed by atoms with E-state index in [-0.39, 0.29) is 17.5 Å². The summed E-state index contributed by atoms with van der Waals surface area (Å²) in [5.41, 5.74) is 2.94. The molecule has 3 rings (SSSR count). The Balaban J connectivity index is 2.08. The minimum Gasteiger partial charge on any atom is -0.497 e. The summed E-state index contributed by atoms with van der Waals surface area (Å²) >= 11 is 0. The Morgan fingerprint density at radius 1 is 0.885 bits per heavy atom. The van der Waals surface area contributed by atoms with Crippen LogP contribution in [0, 0.1) is 6.92 Å². The van der Waals surface area contributed by atoms with Gasteiger partial charge in [0.1, 0.15) is 17.2 Å². The van der Waals surface area contributed by atoms with Gasteiger partial charge in [0.25, 0.3) is 11.8 Å². The van der Waals surface area contributed by atoms with Crippen molar-refractivity contribution in [3.63, 3.8) is 0 Å². The van der Waals surface area contributed by atoms with Crippen molar-refractivity contribution in [3.05, 3.63) is 59.3 Å². The van der Waals surface area contributed by atoms with Crippen molar-refractivity contribution in [2.75, 3.05) is 26.6 Å². The number of nitrogens with one attached hydrogen (secondary N) is 1. The second-order valence-electron chi connectivity index (χ2n) is 6.01. The fourth-order valence-electron chi connectivity index (χ4n) is 2.77. The van der Waals surface area contributed by atoms with Crippen LogP contribution in [-0.2, 0) is 9.59 Å². The van der Waals surface area contributed by atoms with Gasteiger partial charge in [-0.15, -0.1) is 0 Å². The Labute approximate surface area is 152 Å². The molecule has 0 fully saturated rings. The molecule has 1 heterocycles. The van der Waals surface area contributed by atoms with E-state index in [4.69, 9.17) is 9.47 Å². The number of hydrogen-bond acceptors (Lipinski definition) is 5. The van der Waals surface area contributed by atoms with Crippen LogP contribution in [0.2, 0.25) is 0 Å². The number of likely N-dealkylation sites (N-methyl/N-ethyl adjacent to an activating group) is 1. The van der Waals surface area contributed by atoms with E-state index in [0.717, 1.165) is 10.5 Å². The maximum atomic E-state index is 12.6. The number of anilines is 1. The van der Waals surface area contributed by atoms with E-state index in [1.165, 1.54) is 7.05 Å². The number of nitrogens with zero attached hydrogens (tertiary/aromatic N) is 1. The Kier molecular flexibility index (Phi) is 4.67. The summed E-state index contributed by atoms with van der Waals surface area (Å²) in [7, 11) is 4.57. The quantitative estimate of drug-likeness (QED) is 0.838. The normalized spacial score (nSPS) is 14.1. The Bertz CT molecular complexity index is 878. The van der Waals surface area contributed by atoms with Crippen molar-refractivity contribution >= 4 is 23.1 Å². The standard InChI is InChI=1S/C20H20N2O4/c1-12-5-7-13(8-6-12)17-18(20(24)22(2)19(17)23)21-14-9-15(25-3)11-16(10-14)26-4/h5-11,21H,1-4H3. The van der Waals surface area contributed by atoms with Crippen LogP contribution in [0.15, 0.2) is 48.2 Å². The van der Waals surface area contributed by atoms with E-state index < -0.39 is 0 Å². The van der Waals surface area contributed by atoms with Crippen LogP contribution in [0.3, 0.4) is 0 Å². The van der Waals surface area contributed by atoms with Crippen molar-refractivity contribution in [1.82, 2.24) is 4.90 Å². The molecule has 1 aliphatic rings. The monoisotopic (exact) mass is 352 g/mol. The third kappa shape index (κ3) is 3.13. The zero-order valence-electron chi connectivity index (χ0n) is 15.1. The number of carbonyl (C=O) groups is 2. The second-order valence-corrected chi connectivity index (χ2v) is 6.01. The van der Waals surface area contributed by atoms with Crippen molar-refractivity contribution < 1.29 is 19.1 Å². The molecule has 134 valence electrons. The van der Waals surface area contributed by atoms with Gasteiger partial charge in [-0.25, -0.2) is 0 Å². The van der Waals surface area contributed by atoms with Crippen LogP contribution in [0.1, 0.15) is 11.1 Å². The third-order valence-corrected chi connectivity index (χ3v) is 4.25. The Morgan fingerprint density at radius 3 is 2.00 bits per heavy atom. The fraction of sp³-hybridized carbons (Fsp3) is 0.200. The fourth-order valence-corrected chi connectivity index (χ4v) is 2.77. The maximum absolute atomic E-state index is 12.6. The molecule has 0 saturated heterocycles. The summed E-state index contributed by atoms with van der Waals surface area (Å²) in [4.78, 5) is 26.3. The van der Waals surface area contributed by atoms with Gasteiger partial charge in [0.15, 0.2) is 0 Å². The number of rotatable bonds is 5. The molecule has 2 amide bonds. The number of benzene rings is 2. The van der Waals surface area contributed by atoms with Gasteiger partial charge in [-0.3, -0.25) is 14.5 Å². The number of ether oxygens (including phenoxy) is 2. The van der Waals surface area contributed by atoms with Crippen LogP contribution in [0.5, 0.6) is 11.5 Å². The van der Waals surface area contributed by atoms with Crippen molar-refractivity contribution in [3.8, 4) is 11.5 Å². The summed E-state index contributed by atoms with van der Waals surface area (Å²) < 4.78 is 10.5. The first-order chi connectivity index (χ1) is 12.4. The molecule has 1 aliphatic heterocycles. The molecule has 0 bridgehead atoms. The van der Waals surface area contributed by atoms with Crippen molar-refractivity contribution in [2.24, 2.45) is 0 Å². The summed E-state index contributed by atoms with van der Waals surface area (Å²) in [6.45, 7) is 1.97. The SMILES string of the molecule is COc1cc(NC2=C(c3ccc(C)cc3)C(=O)N(C)C2=O)cc(OC)c1. The molecule has 0 radical (unpaired) electrons. The first-order valence-electron chi connectivity index (χ1n) is 8.08. The van der Waals surface area contributed by atoms with Crippen LogP contribution in [0.4, 0.5) is 5.69 Å². The van der Waals surface area contributed by atoms with Gasteiger partial charge in [0, 0.05) is 30.9 Å². The van der Waals surface area contributed by atoms with E-state index >= 15 is 0 Å². The number of methoxy groups -OCH3 is 2. The molecule has 0 unspecified atom stereocenters. The number of aryl methyl sites for hydroxylation is 1. The zero-order valence-corrected chi connectivity index (χ0v) is 15.1. The van der Waals surface area contributed by atoms with E-state index in [0.29, 0.717) is 28.3 Å². The smallest absolute Gasteiger partial charge is 0.277 e. The molecule has 26 heavy (non-hydrogen) atoms. The van der Waals surface area contributed by atoms with Gasteiger partial charge in [-0.1, -0.05) is 29.8 Å². The lowest BCUT2D eigenvalue weighted by Gasteiger charge is -2.12. The van der Waals surface area contributed by atoms with Crippen molar-refractivity contribution in [2.45, 2.75) is 6.92 Å². The lowest BCUT2D eigenvalue weighted by molar-refractivity contribution is -0.135. The number of carbonyl (C=O) groups excluding carboxylic acids is 2. The number of hydrogen-bond donors (Lipinski definition) is 1. The highest BCUT2D eigenvalue weighted by Crippen LogP contribution is 2.32. The van der Waals surface area contributed by atoms with Crippen LogP contribution in [-0.4, -0.2) is 38.0 Å². The largest absolute Gasteiger partial charge is 0.497 e. The molecule has 0 aromatic heterocycles. The summed E-state index contributed by atoms with van der Waals surface area (Å²) in [6, 6.07) is 12.7. The van der Waals surface area contributed by atoms with E-state index in [9.17, 15) is 9.59 Å². The summed E-state index contributed by atoms with van der Waals surface area (Å²) in [5, 5.41) is 3.07. The Hall–Kier alpha value is -3.28. The Morgan fingerprint density at radius 2 is 1.46 bits per heavy atom. The second kappa shape index (κ2) is 6.92. The molecule has 1 N–H and O–H groups in total. The predicted molar refractivity (Wildman–Crippen MR) is 99.0 cm³/mol. The van der Waals surface area contributed by atoms with Gasteiger partial charge in [-0.2, -0.15) is 0 Å². The van der Waals surface area contributed by atoms with Crippen LogP contribution in [0.25, 0.3) is 5.57 Å². The van der Waals surface area contributed by atoms with Gasteiger partial charge >= 0.3 is 0 Å². The first-order valence-corrected chi connectivity index (χ1v) is 8.08. The zero-order chi connectivity index (χ0) is 18.8. The number of amides is 2. The highest BCUT2D eigenvalue weighted by molar-refractivity contribution is 6.36. The molecule has 0 atom stereocenters. The van der Waals surface area contributed by atoms with Crippen molar-refractivity contribution in [1.29, 1.82) is 0 Å². The van der Waals surface area contributed by atoms with Crippen LogP contribution >= 0.6 is 0 Å². The number of imide groups is 1. The van der Waals surface area contributed by atoms with Gasteiger partial charge in [0.2, 0.25) is 0 Å². The molecular formula is C20H20N2O4. The van der Waals surface area contributed by atoms with Gasteiger partial charge in [-0.05, 0) is 12.5 Å². The van der Waals surface area contributed by atoms with E-state index in [2.05, 4.69) is 5.32 Å². The molecule has 0 spiro atoms. The molecule has 0 saturated carbocycles. The predicted octanol–water partition coefficient (Wildman–Crippen LogP) is 2.83. The highest BCUT2D eigenvalue weighted by atomic mass is 16.5. The highest BCUT2D eigenvalue weighted by Gasteiger charge is 2.36. The molecule has 6 heteroatoms. The first kappa shape index (κ1) is 17.5. The molecule has 0 aliphatic carbocycles. The van der Waals surface area contributed by atoms with E-state index in [1.807, 2.05) is 31.2 Å². The lowest BCUT2D eigenvalue weighted by Crippen LogP contribution is -2.27. The molecule has 6 nitrogen and oxygen atoms in total.